The van der Waals surface area contributed by atoms with E-state index in [0.717, 1.165) is 24.5 Å². The normalized spacial score (nSPS) is 11.4. The summed E-state index contributed by atoms with van der Waals surface area (Å²) < 4.78 is 29.9. The van der Waals surface area contributed by atoms with Crippen LogP contribution in [0.2, 0.25) is 0 Å². The van der Waals surface area contributed by atoms with Gasteiger partial charge in [-0.25, -0.2) is 18.7 Å². The molecule has 0 aliphatic carbocycles. The molecule has 0 bridgehead atoms. The van der Waals surface area contributed by atoms with Crippen molar-refractivity contribution in [2.24, 2.45) is 5.41 Å². The van der Waals surface area contributed by atoms with E-state index >= 15 is 0 Å². The lowest BCUT2D eigenvalue weighted by Gasteiger charge is -2.17. The number of carbonyl (C=O) groups excluding carboxylic acids is 1. The summed E-state index contributed by atoms with van der Waals surface area (Å²) in [5.41, 5.74) is 4.33. The van der Waals surface area contributed by atoms with Crippen molar-refractivity contribution in [3.8, 4) is 28.7 Å². The first-order valence-electron chi connectivity index (χ1n) is 14.8. The number of anilines is 1. The summed E-state index contributed by atoms with van der Waals surface area (Å²) in [6, 6.07) is 10.5. The summed E-state index contributed by atoms with van der Waals surface area (Å²) in [6.07, 6.45) is 14.4. The van der Waals surface area contributed by atoms with Crippen molar-refractivity contribution >= 4 is 22.8 Å². The number of amides is 1. The molecule has 0 radical (unpaired) electrons. The number of nitrogens with zero attached hydrogens (tertiary/aromatic N) is 3. The minimum atomic E-state index is -0.690. The van der Waals surface area contributed by atoms with Crippen LogP contribution in [0.3, 0.4) is 0 Å². The van der Waals surface area contributed by atoms with Gasteiger partial charge in [0.25, 0.3) is 0 Å². The van der Waals surface area contributed by atoms with Gasteiger partial charge in [-0.15, -0.1) is 0 Å². The van der Waals surface area contributed by atoms with Crippen molar-refractivity contribution in [3.63, 3.8) is 0 Å². The number of hydrogen-bond donors (Lipinski definition) is 1. The highest BCUT2D eigenvalue weighted by Gasteiger charge is 2.13. The molecule has 0 saturated carbocycles. The van der Waals surface area contributed by atoms with E-state index in [-0.39, 0.29) is 11.5 Å². The van der Waals surface area contributed by atoms with E-state index in [4.69, 9.17) is 0 Å². The number of aromatic nitrogens is 3. The Labute approximate surface area is 247 Å². The SMILES string of the molecule is CC(=O)Nc1cc(-c2ccc(F)cc2F)cc(-n2cnc3cc(C#CCCCCCCCCCC(C)(C)C)cnc32)c1. The first-order valence-corrected chi connectivity index (χ1v) is 14.8. The Hall–Kier alpha value is -4.05. The van der Waals surface area contributed by atoms with E-state index in [9.17, 15) is 13.6 Å². The van der Waals surface area contributed by atoms with E-state index < -0.39 is 11.6 Å². The number of imidazole rings is 1. The molecule has 2 heterocycles. The molecule has 1 N–H and O–H groups in total. The number of hydrogen-bond acceptors (Lipinski definition) is 3. The van der Waals surface area contributed by atoms with Crippen LogP contribution in [0.15, 0.2) is 55.0 Å². The zero-order chi connectivity index (χ0) is 30.1. The van der Waals surface area contributed by atoms with E-state index in [1.54, 1.807) is 35.3 Å². The van der Waals surface area contributed by atoms with Crippen molar-refractivity contribution in [1.29, 1.82) is 0 Å². The van der Waals surface area contributed by atoms with Crippen LogP contribution in [0.5, 0.6) is 0 Å². The Bertz CT molecular complexity index is 1590. The highest BCUT2D eigenvalue weighted by atomic mass is 19.1. The molecule has 220 valence electrons. The first kappa shape index (κ1) is 30.9. The fourth-order valence-electron chi connectivity index (χ4n) is 4.98. The molecule has 7 heteroatoms. The van der Waals surface area contributed by atoms with Gasteiger partial charge in [-0.3, -0.25) is 9.36 Å². The second-order valence-corrected chi connectivity index (χ2v) is 12.1. The van der Waals surface area contributed by atoms with Crippen molar-refractivity contribution in [2.75, 3.05) is 5.32 Å². The lowest BCUT2D eigenvalue weighted by molar-refractivity contribution is -0.114. The third-order valence-electron chi connectivity index (χ3n) is 7.11. The minimum absolute atomic E-state index is 0.218. The highest BCUT2D eigenvalue weighted by molar-refractivity contribution is 5.90. The standard InChI is InChI=1S/C35H40F2N4O/c1-25(42)40-29-19-27(31-16-15-28(36)21-32(31)37)20-30(22-29)41-24-39-33-18-26(23-38-34(33)41)14-12-10-8-6-5-7-9-11-13-17-35(2,3)4/h15-16,18-24H,5-11,13,17H2,1-4H3,(H,40,42). The Morgan fingerprint density at radius 3 is 2.38 bits per heavy atom. The lowest BCUT2D eigenvalue weighted by Crippen LogP contribution is -2.07. The number of halogens is 2. The molecule has 0 unspecified atom stereocenters. The van der Waals surface area contributed by atoms with Gasteiger partial charge < -0.3 is 5.32 Å². The zero-order valence-electron chi connectivity index (χ0n) is 25.1. The van der Waals surface area contributed by atoms with Gasteiger partial charge in [0.2, 0.25) is 5.91 Å². The average Bonchev–Trinajstić information content (AvgIpc) is 3.34. The van der Waals surface area contributed by atoms with Gasteiger partial charge >= 0.3 is 0 Å². The molecule has 1 amide bonds. The number of unbranched alkanes of at least 4 members (excludes halogenated alkanes) is 7. The number of nitrogens with one attached hydrogen (secondary N) is 1. The van der Waals surface area contributed by atoms with E-state index in [2.05, 4.69) is 47.9 Å². The molecule has 0 fully saturated rings. The molecule has 4 aromatic rings. The number of carbonyl (C=O) groups is 1. The third kappa shape index (κ3) is 8.97. The maximum Gasteiger partial charge on any atom is 0.221 e. The second-order valence-electron chi connectivity index (χ2n) is 12.1. The number of pyridine rings is 1. The maximum absolute atomic E-state index is 14.6. The summed E-state index contributed by atoms with van der Waals surface area (Å²) >= 11 is 0. The number of rotatable bonds is 11. The number of fused-ring (bicyclic) bond motifs is 1. The Kier molecular flexibility index (Phi) is 10.5. The molecule has 2 aromatic heterocycles. The summed E-state index contributed by atoms with van der Waals surface area (Å²) in [5, 5.41) is 2.75. The third-order valence-corrected chi connectivity index (χ3v) is 7.11. The summed E-state index contributed by atoms with van der Waals surface area (Å²) in [7, 11) is 0. The predicted octanol–water partition coefficient (Wildman–Crippen LogP) is 9.23. The van der Waals surface area contributed by atoms with Gasteiger partial charge in [-0.1, -0.05) is 71.1 Å². The van der Waals surface area contributed by atoms with Crippen molar-refractivity contribution in [1.82, 2.24) is 14.5 Å². The largest absolute Gasteiger partial charge is 0.326 e. The van der Waals surface area contributed by atoms with Crippen molar-refractivity contribution in [2.45, 2.75) is 85.5 Å². The molecule has 0 aliphatic rings. The topological polar surface area (TPSA) is 59.8 Å². The van der Waals surface area contributed by atoms with Crippen molar-refractivity contribution in [3.05, 3.63) is 72.2 Å². The molecule has 0 spiro atoms. The lowest BCUT2D eigenvalue weighted by atomic mass is 9.89. The summed E-state index contributed by atoms with van der Waals surface area (Å²) in [4.78, 5) is 20.9. The van der Waals surface area contributed by atoms with Crippen LogP contribution in [0.1, 0.15) is 91.0 Å². The van der Waals surface area contributed by atoms with Gasteiger partial charge in [-0.05, 0) is 60.2 Å². The molecule has 2 aromatic carbocycles. The fraction of sp³-hybridized carbons (Fsp3) is 0.400. The van der Waals surface area contributed by atoms with Gasteiger partial charge in [0.15, 0.2) is 5.65 Å². The zero-order valence-corrected chi connectivity index (χ0v) is 25.1. The predicted molar refractivity (Wildman–Crippen MR) is 166 cm³/mol. The summed E-state index contributed by atoms with van der Waals surface area (Å²) in [5.74, 6) is 4.87. The Morgan fingerprint density at radius 2 is 1.67 bits per heavy atom. The van der Waals surface area contributed by atoms with Crippen LogP contribution < -0.4 is 5.32 Å². The van der Waals surface area contributed by atoms with Gasteiger partial charge in [0.05, 0.1) is 5.69 Å². The van der Waals surface area contributed by atoms with E-state index in [1.807, 2.05) is 6.07 Å². The van der Waals surface area contributed by atoms with Crippen LogP contribution in [-0.2, 0) is 4.79 Å². The molecule has 0 atom stereocenters. The van der Waals surface area contributed by atoms with E-state index in [0.29, 0.717) is 33.5 Å². The minimum Gasteiger partial charge on any atom is -0.326 e. The molecule has 0 aliphatic heterocycles. The highest BCUT2D eigenvalue weighted by Crippen LogP contribution is 2.30. The average molecular weight is 571 g/mol. The maximum atomic E-state index is 14.6. The first-order chi connectivity index (χ1) is 20.1. The van der Waals surface area contributed by atoms with Crippen LogP contribution in [-0.4, -0.2) is 20.4 Å². The summed E-state index contributed by atoms with van der Waals surface area (Å²) in [6.45, 7) is 8.32. The Morgan fingerprint density at radius 1 is 0.929 bits per heavy atom. The second kappa shape index (κ2) is 14.2. The molecule has 4 rings (SSSR count). The number of benzene rings is 2. The van der Waals surface area contributed by atoms with Crippen LogP contribution in [0.25, 0.3) is 28.0 Å². The molecule has 0 saturated heterocycles. The Balaban J connectivity index is 1.40. The van der Waals surface area contributed by atoms with E-state index in [1.165, 1.54) is 64.0 Å². The fourth-order valence-corrected chi connectivity index (χ4v) is 4.98. The molecule has 5 nitrogen and oxygen atoms in total. The van der Waals surface area contributed by atoms with Gasteiger partial charge in [0.1, 0.15) is 23.5 Å². The molecular weight excluding hydrogens is 530 g/mol. The quantitative estimate of drug-likeness (QED) is 0.144. The monoisotopic (exact) mass is 570 g/mol. The van der Waals surface area contributed by atoms with Crippen molar-refractivity contribution < 1.29 is 13.6 Å². The molecule has 42 heavy (non-hydrogen) atoms. The van der Waals surface area contributed by atoms with Gasteiger partial charge in [0, 0.05) is 42.4 Å². The van der Waals surface area contributed by atoms with Crippen LogP contribution in [0.4, 0.5) is 14.5 Å². The molecular formula is C35H40F2N4O. The van der Waals surface area contributed by atoms with Gasteiger partial charge in [-0.2, -0.15) is 0 Å². The van der Waals surface area contributed by atoms with Crippen LogP contribution >= 0.6 is 0 Å². The smallest absolute Gasteiger partial charge is 0.221 e. The van der Waals surface area contributed by atoms with Crippen LogP contribution in [0, 0.1) is 28.9 Å².